The minimum absolute atomic E-state index is 0.0644. The highest BCUT2D eigenvalue weighted by molar-refractivity contribution is 5.87. The molecule has 3 aliphatic heterocycles. The van der Waals surface area contributed by atoms with Crippen molar-refractivity contribution in [2.45, 2.75) is 50.5 Å². The standard InChI is InChI=1S/C29H33F4N7O2/c1-3-25(41)40-15-14-39(16-19(40)9-11-34)27-21-10-13-38(26-22(29(31,32)33)7-4-8-23(26)30)17-24(21)35-28(36-27)42-18-20-6-5-12-37(20)2/h3-4,7-8,19-20H,1,5-6,9-10,12-18H2,2H3. The van der Waals surface area contributed by atoms with E-state index in [4.69, 9.17) is 9.72 Å². The summed E-state index contributed by atoms with van der Waals surface area (Å²) in [6.07, 6.45) is -1.10. The number of halogens is 4. The minimum atomic E-state index is -4.73. The van der Waals surface area contributed by atoms with Crippen LogP contribution in [-0.2, 0) is 23.9 Å². The summed E-state index contributed by atoms with van der Waals surface area (Å²) in [5, 5.41) is 9.42. The van der Waals surface area contributed by atoms with Crippen LogP contribution in [0.4, 0.5) is 29.1 Å². The summed E-state index contributed by atoms with van der Waals surface area (Å²) in [5.74, 6) is -0.649. The number of carbonyl (C=O) groups excluding carboxylic acids is 1. The zero-order chi connectivity index (χ0) is 30.0. The lowest BCUT2D eigenvalue weighted by Crippen LogP contribution is -2.55. The van der Waals surface area contributed by atoms with Crippen molar-refractivity contribution in [1.82, 2.24) is 19.8 Å². The summed E-state index contributed by atoms with van der Waals surface area (Å²) >= 11 is 0. The second kappa shape index (κ2) is 12.1. The number of aromatic nitrogens is 2. The van der Waals surface area contributed by atoms with Gasteiger partial charge in [0.15, 0.2) is 0 Å². The van der Waals surface area contributed by atoms with Gasteiger partial charge in [-0.15, -0.1) is 0 Å². The Morgan fingerprint density at radius 3 is 2.69 bits per heavy atom. The summed E-state index contributed by atoms with van der Waals surface area (Å²) in [6, 6.07) is 4.99. The van der Waals surface area contributed by atoms with Gasteiger partial charge in [-0.3, -0.25) is 4.79 Å². The molecule has 0 N–H and O–H groups in total. The van der Waals surface area contributed by atoms with Crippen molar-refractivity contribution in [2.24, 2.45) is 0 Å². The molecule has 1 amide bonds. The number of benzene rings is 1. The first-order valence-corrected chi connectivity index (χ1v) is 14.0. The average Bonchev–Trinajstić information content (AvgIpc) is 3.38. The first kappa shape index (κ1) is 29.6. The molecule has 13 heteroatoms. The second-order valence-corrected chi connectivity index (χ2v) is 10.8. The van der Waals surface area contributed by atoms with Crippen molar-refractivity contribution in [3.8, 4) is 12.1 Å². The summed E-state index contributed by atoms with van der Waals surface area (Å²) in [5.41, 5.74) is -0.348. The molecule has 2 fully saturated rings. The Kier molecular flexibility index (Phi) is 8.54. The Bertz CT molecular complexity index is 1380. The van der Waals surface area contributed by atoms with Gasteiger partial charge in [-0.1, -0.05) is 12.6 Å². The molecule has 1 aromatic heterocycles. The number of fused-ring (bicyclic) bond motifs is 1. The highest BCUT2D eigenvalue weighted by Crippen LogP contribution is 2.40. The smallest absolute Gasteiger partial charge is 0.418 e. The maximum atomic E-state index is 14.9. The molecule has 2 unspecified atom stereocenters. The van der Waals surface area contributed by atoms with E-state index in [1.807, 2.05) is 11.9 Å². The third-order valence-corrected chi connectivity index (χ3v) is 8.27. The molecule has 2 saturated heterocycles. The van der Waals surface area contributed by atoms with E-state index in [2.05, 4.69) is 22.5 Å². The van der Waals surface area contributed by atoms with Crippen molar-refractivity contribution >= 4 is 17.4 Å². The number of piperazine rings is 1. The zero-order valence-electron chi connectivity index (χ0n) is 23.4. The van der Waals surface area contributed by atoms with Crippen LogP contribution in [0.2, 0.25) is 0 Å². The molecular formula is C29H33F4N7O2. The fraction of sp³-hybridized carbons (Fsp3) is 0.517. The number of para-hydroxylation sites is 1. The summed E-state index contributed by atoms with van der Waals surface area (Å²) in [7, 11) is 2.02. The van der Waals surface area contributed by atoms with E-state index in [0.29, 0.717) is 37.8 Å². The van der Waals surface area contributed by atoms with Gasteiger partial charge >= 0.3 is 12.2 Å². The summed E-state index contributed by atoms with van der Waals surface area (Å²) < 4.78 is 62.5. The third kappa shape index (κ3) is 5.99. The van der Waals surface area contributed by atoms with Gasteiger partial charge in [-0.05, 0) is 51.1 Å². The van der Waals surface area contributed by atoms with Crippen LogP contribution in [0.15, 0.2) is 30.9 Å². The number of alkyl halides is 3. The second-order valence-electron chi connectivity index (χ2n) is 10.8. The molecule has 0 spiro atoms. The van der Waals surface area contributed by atoms with Gasteiger partial charge in [-0.2, -0.15) is 28.4 Å². The lowest BCUT2D eigenvalue weighted by molar-refractivity contribution is -0.137. The lowest BCUT2D eigenvalue weighted by Gasteiger charge is -2.42. The Balaban J connectivity index is 1.49. The zero-order valence-corrected chi connectivity index (χ0v) is 23.4. The van der Waals surface area contributed by atoms with Gasteiger partial charge in [0, 0.05) is 37.8 Å². The molecule has 0 aliphatic carbocycles. The number of nitrogens with zero attached hydrogens (tertiary/aromatic N) is 7. The van der Waals surface area contributed by atoms with E-state index in [9.17, 15) is 27.6 Å². The van der Waals surface area contributed by atoms with Crippen LogP contribution in [-0.4, -0.2) is 84.1 Å². The normalized spacial score (nSPS) is 21.2. The maximum absolute atomic E-state index is 14.9. The van der Waals surface area contributed by atoms with Gasteiger partial charge < -0.3 is 24.3 Å². The van der Waals surface area contributed by atoms with E-state index in [0.717, 1.165) is 43.1 Å². The topological polar surface area (TPSA) is 88.8 Å². The number of nitriles is 1. The highest BCUT2D eigenvalue weighted by Gasteiger charge is 2.38. The fourth-order valence-electron chi connectivity index (χ4n) is 6.07. The molecule has 2 atom stereocenters. The van der Waals surface area contributed by atoms with Crippen LogP contribution in [0.25, 0.3) is 0 Å². The molecule has 4 heterocycles. The first-order valence-electron chi connectivity index (χ1n) is 14.0. The van der Waals surface area contributed by atoms with Crippen molar-refractivity contribution in [3.05, 3.63) is 53.5 Å². The Morgan fingerprint density at radius 1 is 1.19 bits per heavy atom. The Morgan fingerprint density at radius 2 is 2.00 bits per heavy atom. The first-order chi connectivity index (χ1) is 20.1. The van der Waals surface area contributed by atoms with Crippen LogP contribution in [0.1, 0.15) is 36.1 Å². The average molecular weight is 588 g/mol. The van der Waals surface area contributed by atoms with Crippen LogP contribution >= 0.6 is 0 Å². The predicted octanol–water partition coefficient (Wildman–Crippen LogP) is 3.79. The Labute approximate surface area is 242 Å². The van der Waals surface area contributed by atoms with Crippen LogP contribution in [0.5, 0.6) is 6.01 Å². The van der Waals surface area contributed by atoms with Gasteiger partial charge in [0.2, 0.25) is 5.91 Å². The van der Waals surface area contributed by atoms with Gasteiger partial charge in [-0.25, -0.2) is 4.39 Å². The fourth-order valence-corrected chi connectivity index (χ4v) is 6.07. The number of carbonyl (C=O) groups is 1. The van der Waals surface area contributed by atoms with Crippen molar-refractivity contribution in [2.75, 3.05) is 56.2 Å². The highest BCUT2D eigenvalue weighted by atomic mass is 19.4. The van der Waals surface area contributed by atoms with Crippen molar-refractivity contribution < 1.29 is 27.1 Å². The number of anilines is 2. The maximum Gasteiger partial charge on any atom is 0.418 e. The monoisotopic (exact) mass is 587 g/mol. The van der Waals surface area contributed by atoms with E-state index >= 15 is 0 Å². The van der Waals surface area contributed by atoms with Crippen molar-refractivity contribution in [1.29, 1.82) is 5.26 Å². The molecule has 9 nitrogen and oxygen atoms in total. The molecule has 1 aromatic carbocycles. The SMILES string of the molecule is C=CC(=O)N1CCN(c2nc(OCC3CCCN3C)nc3c2CCN(c2c(F)cccc2C(F)(F)F)C3)CC1CC#N. The molecule has 0 saturated carbocycles. The largest absolute Gasteiger partial charge is 0.462 e. The molecule has 2 aromatic rings. The van der Waals surface area contributed by atoms with Crippen LogP contribution in [0.3, 0.4) is 0 Å². The number of hydrogen-bond acceptors (Lipinski definition) is 8. The van der Waals surface area contributed by atoms with E-state index in [1.165, 1.54) is 11.0 Å². The summed E-state index contributed by atoms with van der Waals surface area (Å²) in [6.45, 7) is 6.02. The molecule has 224 valence electrons. The quantitative estimate of drug-likeness (QED) is 0.357. The lowest BCUT2D eigenvalue weighted by atomic mass is 10.0. The van der Waals surface area contributed by atoms with Gasteiger partial charge in [0.25, 0.3) is 0 Å². The molecule has 42 heavy (non-hydrogen) atoms. The number of hydrogen-bond donors (Lipinski definition) is 0. The molecule has 3 aliphatic rings. The molecule has 5 rings (SSSR count). The summed E-state index contributed by atoms with van der Waals surface area (Å²) in [4.78, 5) is 28.9. The third-order valence-electron chi connectivity index (χ3n) is 8.27. The van der Waals surface area contributed by atoms with E-state index in [-0.39, 0.29) is 43.9 Å². The number of amides is 1. The van der Waals surface area contributed by atoms with Gasteiger partial charge in [0.05, 0.1) is 42.0 Å². The molecular weight excluding hydrogens is 554 g/mol. The van der Waals surface area contributed by atoms with Crippen LogP contribution < -0.4 is 14.5 Å². The van der Waals surface area contributed by atoms with Crippen molar-refractivity contribution in [3.63, 3.8) is 0 Å². The van der Waals surface area contributed by atoms with Gasteiger partial charge in [0.1, 0.15) is 18.2 Å². The molecule has 0 radical (unpaired) electrons. The van der Waals surface area contributed by atoms with E-state index < -0.39 is 29.3 Å². The number of ether oxygens (including phenoxy) is 1. The minimum Gasteiger partial charge on any atom is -0.462 e. The Hall–Kier alpha value is -3.92. The van der Waals surface area contributed by atoms with Crippen LogP contribution in [0, 0.1) is 17.1 Å². The molecule has 0 bridgehead atoms. The van der Waals surface area contributed by atoms with E-state index in [1.54, 1.807) is 4.90 Å². The number of likely N-dealkylation sites (N-methyl/N-ethyl adjacent to an activating group) is 1. The number of rotatable bonds is 7. The predicted molar refractivity (Wildman–Crippen MR) is 147 cm³/mol. The number of likely N-dealkylation sites (tertiary alicyclic amines) is 1.